The quantitative estimate of drug-likeness (QED) is 0.622. The number of hydrogen-bond donors (Lipinski definition) is 2. The van der Waals surface area contributed by atoms with E-state index in [4.69, 9.17) is 20.6 Å². The fourth-order valence-corrected chi connectivity index (χ4v) is 1.78. The molecule has 5 nitrogen and oxygen atoms in total. The second-order valence-electron chi connectivity index (χ2n) is 4.23. The normalized spacial score (nSPS) is 10.1. The van der Waals surface area contributed by atoms with E-state index in [0.29, 0.717) is 23.7 Å². The van der Waals surface area contributed by atoms with Gasteiger partial charge in [-0.05, 0) is 35.9 Å². The van der Waals surface area contributed by atoms with E-state index in [9.17, 15) is 0 Å². The van der Waals surface area contributed by atoms with Gasteiger partial charge in [0, 0.05) is 24.4 Å². The molecule has 0 saturated carbocycles. The van der Waals surface area contributed by atoms with Gasteiger partial charge >= 0.3 is 0 Å². The molecule has 0 radical (unpaired) electrons. The van der Waals surface area contributed by atoms with Crippen molar-refractivity contribution in [1.29, 1.82) is 5.41 Å². The van der Waals surface area contributed by atoms with E-state index in [-0.39, 0.29) is 5.84 Å². The Balaban J connectivity index is 2.00. The zero-order valence-corrected chi connectivity index (χ0v) is 11.3. The molecule has 0 saturated heterocycles. The first-order valence-electron chi connectivity index (χ1n) is 6.25. The molecule has 1 aromatic heterocycles. The number of nitrogen functional groups attached to an aromatic ring is 1. The van der Waals surface area contributed by atoms with E-state index in [0.717, 1.165) is 6.42 Å². The van der Waals surface area contributed by atoms with E-state index < -0.39 is 0 Å². The van der Waals surface area contributed by atoms with E-state index in [1.165, 1.54) is 5.56 Å². The first-order valence-corrected chi connectivity index (χ1v) is 6.25. The highest BCUT2D eigenvalue weighted by Gasteiger charge is 2.07. The molecular formula is C15H17N3O2. The number of benzene rings is 1. The average Bonchev–Trinajstić information content (AvgIpc) is 2.48. The predicted octanol–water partition coefficient (Wildman–Crippen LogP) is 2.00. The van der Waals surface area contributed by atoms with Gasteiger partial charge in [0.25, 0.3) is 0 Å². The summed E-state index contributed by atoms with van der Waals surface area (Å²) in [5, 5.41) is 7.40. The Morgan fingerprint density at radius 3 is 2.60 bits per heavy atom. The van der Waals surface area contributed by atoms with Gasteiger partial charge in [-0.3, -0.25) is 10.4 Å². The first kappa shape index (κ1) is 13.9. The fraction of sp³-hybridized carbons (Fsp3) is 0.200. The minimum atomic E-state index is 0.00614. The van der Waals surface area contributed by atoms with Crippen molar-refractivity contribution < 1.29 is 9.47 Å². The highest BCUT2D eigenvalue weighted by molar-refractivity contribution is 5.95. The lowest BCUT2D eigenvalue weighted by Crippen LogP contribution is -2.11. The van der Waals surface area contributed by atoms with Crippen LogP contribution in [0.15, 0.2) is 42.7 Å². The molecule has 5 heteroatoms. The number of pyridine rings is 1. The molecule has 0 aliphatic carbocycles. The Hall–Kier alpha value is -2.56. The third-order valence-electron chi connectivity index (χ3n) is 2.87. The number of methoxy groups -OCH3 is 1. The van der Waals surface area contributed by atoms with E-state index in [1.807, 2.05) is 12.1 Å². The van der Waals surface area contributed by atoms with Gasteiger partial charge in [0.05, 0.1) is 13.7 Å². The Morgan fingerprint density at radius 2 is 1.95 bits per heavy atom. The summed E-state index contributed by atoms with van der Waals surface area (Å²) in [5.74, 6) is 1.23. The van der Waals surface area contributed by atoms with Crippen LogP contribution in [0, 0.1) is 5.41 Å². The molecule has 0 bridgehead atoms. The van der Waals surface area contributed by atoms with Crippen molar-refractivity contribution >= 4 is 5.84 Å². The van der Waals surface area contributed by atoms with Crippen LogP contribution in [0.5, 0.6) is 11.5 Å². The van der Waals surface area contributed by atoms with Gasteiger partial charge in [0.15, 0.2) is 11.5 Å². The number of rotatable bonds is 6. The Labute approximate surface area is 117 Å². The molecule has 104 valence electrons. The summed E-state index contributed by atoms with van der Waals surface area (Å²) in [4.78, 5) is 3.97. The van der Waals surface area contributed by atoms with Gasteiger partial charge in [0.2, 0.25) is 0 Å². The van der Waals surface area contributed by atoms with E-state index in [1.54, 1.807) is 37.7 Å². The second kappa shape index (κ2) is 6.56. The van der Waals surface area contributed by atoms with Crippen molar-refractivity contribution in [2.45, 2.75) is 6.42 Å². The number of nitrogens with zero attached hydrogens (tertiary/aromatic N) is 1. The third-order valence-corrected chi connectivity index (χ3v) is 2.87. The van der Waals surface area contributed by atoms with E-state index >= 15 is 0 Å². The number of nitrogens with one attached hydrogen (secondary N) is 1. The molecule has 0 fully saturated rings. The summed E-state index contributed by atoms with van der Waals surface area (Å²) in [7, 11) is 1.56. The van der Waals surface area contributed by atoms with E-state index in [2.05, 4.69) is 4.98 Å². The topological polar surface area (TPSA) is 81.2 Å². The van der Waals surface area contributed by atoms with Crippen molar-refractivity contribution in [2.24, 2.45) is 5.73 Å². The van der Waals surface area contributed by atoms with Crippen LogP contribution < -0.4 is 15.2 Å². The number of nitrogens with two attached hydrogens (primary N) is 1. The summed E-state index contributed by atoms with van der Waals surface area (Å²) in [6.45, 7) is 0.541. The SMILES string of the molecule is COc1cc(C(=N)N)ccc1OCCc1ccncc1. The molecule has 0 unspecified atom stereocenters. The van der Waals surface area contributed by atoms with Crippen LogP contribution in [0.1, 0.15) is 11.1 Å². The minimum absolute atomic E-state index is 0.00614. The molecule has 2 aromatic rings. The zero-order chi connectivity index (χ0) is 14.4. The van der Waals surface area contributed by atoms with Crippen molar-refractivity contribution in [1.82, 2.24) is 4.98 Å². The van der Waals surface area contributed by atoms with Gasteiger partial charge in [0.1, 0.15) is 5.84 Å². The van der Waals surface area contributed by atoms with Crippen LogP contribution in [0.4, 0.5) is 0 Å². The average molecular weight is 271 g/mol. The summed E-state index contributed by atoms with van der Waals surface area (Å²) in [6, 6.07) is 9.12. The smallest absolute Gasteiger partial charge is 0.161 e. The number of hydrogen-bond acceptors (Lipinski definition) is 4. The second-order valence-corrected chi connectivity index (χ2v) is 4.23. The molecule has 0 aliphatic rings. The maximum absolute atomic E-state index is 7.40. The van der Waals surface area contributed by atoms with Crippen LogP contribution in [0.25, 0.3) is 0 Å². The summed E-state index contributed by atoms with van der Waals surface area (Å²) < 4.78 is 11.0. The highest BCUT2D eigenvalue weighted by atomic mass is 16.5. The summed E-state index contributed by atoms with van der Waals surface area (Å²) >= 11 is 0. The molecule has 0 amide bonds. The maximum atomic E-state index is 7.40. The standard InChI is InChI=1S/C15H17N3O2/c1-19-14-10-12(15(16)17)2-3-13(14)20-9-6-11-4-7-18-8-5-11/h2-5,7-8,10H,6,9H2,1H3,(H3,16,17). The molecule has 0 atom stereocenters. The largest absolute Gasteiger partial charge is 0.493 e. The highest BCUT2D eigenvalue weighted by Crippen LogP contribution is 2.28. The van der Waals surface area contributed by atoms with Crippen LogP contribution in [-0.4, -0.2) is 24.5 Å². The van der Waals surface area contributed by atoms with Gasteiger partial charge in [-0.15, -0.1) is 0 Å². The molecular weight excluding hydrogens is 254 g/mol. The van der Waals surface area contributed by atoms with Crippen molar-refractivity contribution in [2.75, 3.05) is 13.7 Å². The van der Waals surface area contributed by atoms with Crippen LogP contribution in [0.2, 0.25) is 0 Å². The predicted molar refractivity (Wildman–Crippen MR) is 77.4 cm³/mol. The lowest BCUT2D eigenvalue weighted by molar-refractivity contribution is 0.297. The molecule has 0 aliphatic heterocycles. The van der Waals surface area contributed by atoms with Gasteiger partial charge in [-0.25, -0.2) is 0 Å². The lowest BCUT2D eigenvalue weighted by Gasteiger charge is -2.11. The number of ether oxygens (including phenoxy) is 2. The molecule has 2 rings (SSSR count). The monoisotopic (exact) mass is 271 g/mol. The van der Waals surface area contributed by atoms with Crippen molar-refractivity contribution in [3.8, 4) is 11.5 Å². The molecule has 20 heavy (non-hydrogen) atoms. The molecule has 1 heterocycles. The third kappa shape index (κ3) is 3.47. The Kier molecular flexibility index (Phi) is 4.55. The van der Waals surface area contributed by atoms with Crippen LogP contribution >= 0.6 is 0 Å². The van der Waals surface area contributed by atoms with Gasteiger partial charge < -0.3 is 15.2 Å². The van der Waals surface area contributed by atoms with Crippen LogP contribution in [0.3, 0.4) is 0 Å². The summed E-state index contributed by atoms with van der Waals surface area (Å²) in [6.07, 6.45) is 4.31. The lowest BCUT2D eigenvalue weighted by atomic mass is 10.2. The van der Waals surface area contributed by atoms with Gasteiger partial charge in [-0.2, -0.15) is 0 Å². The molecule has 0 spiro atoms. The Bertz CT molecular complexity index is 585. The van der Waals surface area contributed by atoms with Crippen molar-refractivity contribution in [3.05, 3.63) is 53.9 Å². The fourth-order valence-electron chi connectivity index (χ4n) is 1.78. The number of amidine groups is 1. The molecule has 3 N–H and O–H groups in total. The van der Waals surface area contributed by atoms with Crippen LogP contribution in [-0.2, 0) is 6.42 Å². The van der Waals surface area contributed by atoms with Crippen molar-refractivity contribution in [3.63, 3.8) is 0 Å². The zero-order valence-electron chi connectivity index (χ0n) is 11.3. The molecule has 1 aromatic carbocycles. The van der Waals surface area contributed by atoms with Gasteiger partial charge in [-0.1, -0.05) is 0 Å². The number of aromatic nitrogens is 1. The minimum Gasteiger partial charge on any atom is -0.493 e. The maximum Gasteiger partial charge on any atom is 0.161 e. The Morgan fingerprint density at radius 1 is 1.20 bits per heavy atom. The first-order chi connectivity index (χ1) is 9.70. The summed E-state index contributed by atoms with van der Waals surface area (Å²) in [5.41, 5.74) is 7.22.